The fraction of sp³-hybridized carbons (Fsp3) is 0.200. The first-order valence-electron chi connectivity index (χ1n) is 8.56. The Morgan fingerprint density at radius 1 is 1.15 bits per heavy atom. The second-order valence-corrected chi connectivity index (χ2v) is 6.69. The fourth-order valence-corrected chi connectivity index (χ4v) is 3.21. The van der Waals surface area contributed by atoms with E-state index in [1.165, 1.54) is 0 Å². The number of amides is 1. The summed E-state index contributed by atoms with van der Waals surface area (Å²) in [5.74, 6) is 1.29. The van der Waals surface area contributed by atoms with Crippen molar-refractivity contribution in [3.63, 3.8) is 0 Å². The molecule has 1 amide bonds. The summed E-state index contributed by atoms with van der Waals surface area (Å²) in [6.45, 7) is 1.53. The highest BCUT2D eigenvalue weighted by atomic mass is 35.5. The topological polar surface area (TPSA) is 67.5 Å². The maximum Gasteiger partial charge on any atom is 0.271 e. The smallest absolute Gasteiger partial charge is 0.271 e. The number of ether oxygens (including phenoxy) is 2. The van der Waals surface area contributed by atoms with Crippen LogP contribution >= 0.6 is 11.6 Å². The van der Waals surface area contributed by atoms with Crippen molar-refractivity contribution >= 4 is 17.5 Å². The van der Waals surface area contributed by atoms with Crippen LogP contribution in [0.4, 0.5) is 0 Å². The van der Waals surface area contributed by atoms with E-state index in [1.54, 1.807) is 24.1 Å². The zero-order chi connectivity index (χ0) is 18.8. The van der Waals surface area contributed by atoms with Crippen LogP contribution in [0.5, 0.6) is 11.5 Å². The van der Waals surface area contributed by atoms with E-state index in [9.17, 15) is 4.79 Å². The maximum atomic E-state index is 12.7. The summed E-state index contributed by atoms with van der Waals surface area (Å²) < 4.78 is 11.1. The zero-order valence-electron chi connectivity index (χ0n) is 14.7. The van der Waals surface area contributed by atoms with Crippen molar-refractivity contribution in [1.29, 1.82) is 0 Å². The Hall–Kier alpha value is -2.99. The molecule has 3 aromatic rings. The van der Waals surface area contributed by atoms with Crippen LogP contribution in [0.1, 0.15) is 16.1 Å². The number of carbonyl (C=O) groups is 1. The number of H-pyrrole nitrogens is 1. The average molecular weight is 384 g/mol. The van der Waals surface area contributed by atoms with E-state index in [0.29, 0.717) is 41.9 Å². The highest BCUT2D eigenvalue weighted by molar-refractivity contribution is 6.33. The highest BCUT2D eigenvalue weighted by Gasteiger charge is 2.18. The number of rotatable bonds is 4. The predicted octanol–water partition coefficient (Wildman–Crippen LogP) is 3.77. The van der Waals surface area contributed by atoms with Crippen LogP contribution in [0.15, 0.2) is 48.5 Å². The van der Waals surface area contributed by atoms with Gasteiger partial charge in [0.25, 0.3) is 5.91 Å². The molecule has 0 radical (unpaired) electrons. The van der Waals surface area contributed by atoms with Gasteiger partial charge in [0.2, 0.25) is 0 Å². The third kappa shape index (κ3) is 3.61. The lowest BCUT2D eigenvalue weighted by atomic mass is 10.1. The average Bonchev–Trinajstić information content (AvgIpc) is 3.17. The zero-order valence-corrected chi connectivity index (χ0v) is 15.5. The van der Waals surface area contributed by atoms with Crippen LogP contribution in [0.3, 0.4) is 0 Å². The summed E-state index contributed by atoms with van der Waals surface area (Å²) in [6, 6.07) is 14.8. The molecule has 1 aliphatic heterocycles. The fourth-order valence-electron chi connectivity index (χ4n) is 2.98. The molecule has 1 N–H and O–H groups in total. The lowest BCUT2D eigenvalue weighted by Crippen LogP contribution is -2.26. The molecule has 0 fully saturated rings. The van der Waals surface area contributed by atoms with Crippen molar-refractivity contribution in [2.75, 3.05) is 20.3 Å². The molecule has 4 rings (SSSR count). The summed E-state index contributed by atoms with van der Waals surface area (Å²) in [5.41, 5.74) is 2.78. The van der Waals surface area contributed by atoms with E-state index in [4.69, 9.17) is 21.1 Å². The second kappa shape index (κ2) is 7.32. The quantitative estimate of drug-likeness (QED) is 0.744. The Balaban J connectivity index is 1.49. The largest absolute Gasteiger partial charge is 0.486 e. The predicted molar refractivity (Wildman–Crippen MR) is 102 cm³/mol. The third-order valence-electron chi connectivity index (χ3n) is 4.33. The number of nitrogens with zero attached hydrogens (tertiary/aromatic N) is 2. The molecule has 6 nitrogen and oxygen atoms in total. The van der Waals surface area contributed by atoms with E-state index in [1.807, 2.05) is 36.4 Å². The number of aromatic nitrogens is 2. The lowest BCUT2D eigenvalue weighted by Gasteiger charge is -2.21. The van der Waals surface area contributed by atoms with Gasteiger partial charge < -0.3 is 14.4 Å². The summed E-state index contributed by atoms with van der Waals surface area (Å²) in [5, 5.41) is 7.62. The Labute approximate surface area is 161 Å². The molecule has 2 aromatic carbocycles. The third-order valence-corrected chi connectivity index (χ3v) is 4.66. The Morgan fingerprint density at radius 3 is 2.74 bits per heavy atom. The highest BCUT2D eigenvalue weighted by Crippen LogP contribution is 2.31. The number of fused-ring (bicyclic) bond motifs is 1. The molecule has 0 bridgehead atoms. The first-order chi connectivity index (χ1) is 13.1. The molecule has 2 heterocycles. The van der Waals surface area contributed by atoms with Crippen LogP contribution in [0.25, 0.3) is 11.3 Å². The summed E-state index contributed by atoms with van der Waals surface area (Å²) >= 11 is 6.20. The summed E-state index contributed by atoms with van der Waals surface area (Å²) in [7, 11) is 1.75. The number of carbonyl (C=O) groups excluding carboxylic acids is 1. The van der Waals surface area contributed by atoms with E-state index in [-0.39, 0.29) is 5.91 Å². The molecule has 0 unspecified atom stereocenters. The normalized spacial score (nSPS) is 12.7. The summed E-state index contributed by atoms with van der Waals surface area (Å²) in [4.78, 5) is 14.4. The van der Waals surface area contributed by atoms with Gasteiger partial charge in [0.1, 0.15) is 18.9 Å². The van der Waals surface area contributed by atoms with Crippen LogP contribution in [0.2, 0.25) is 5.02 Å². The van der Waals surface area contributed by atoms with Gasteiger partial charge >= 0.3 is 0 Å². The molecule has 0 saturated carbocycles. The monoisotopic (exact) mass is 383 g/mol. The molecule has 0 saturated heterocycles. The van der Waals surface area contributed by atoms with Crippen molar-refractivity contribution in [2.45, 2.75) is 6.54 Å². The number of aromatic amines is 1. The Kier molecular flexibility index (Phi) is 4.73. The van der Waals surface area contributed by atoms with E-state index in [2.05, 4.69) is 10.2 Å². The number of nitrogens with one attached hydrogen (secondary N) is 1. The van der Waals surface area contributed by atoms with Crippen molar-refractivity contribution in [2.24, 2.45) is 0 Å². The Morgan fingerprint density at radius 2 is 1.93 bits per heavy atom. The van der Waals surface area contributed by atoms with E-state index < -0.39 is 0 Å². The van der Waals surface area contributed by atoms with E-state index in [0.717, 1.165) is 16.9 Å². The number of hydrogen-bond donors (Lipinski definition) is 1. The summed E-state index contributed by atoms with van der Waals surface area (Å²) in [6.07, 6.45) is 0. The Bertz CT molecular complexity index is 986. The van der Waals surface area contributed by atoms with Gasteiger partial charge in [-0.15, -0.1) is 0 Å². The minimum Gasteiger partial charge on any atom is -0.486 e. The molecule has 0 atom stereocenters. The standard InChI is InChI=1S/C20H18ClN3O3/c1-24(12-13-6-7-18-19(10-13)27-9-8-26-18)20(25)17-11-16(22-23-17)14-4-2-3-5-15(14)21/h2-7,10-11H,8-9,12H2,1H3,(H,22,23). The molecule has 0 aliphatic carbocycles. The second-order valence-electron chi connectivity index (χ2n) is 6.29. The first kappa shape index (κ1) is 17.4. The van der Waals surface area contributed by atoms with Gasteiger partial charge in [-0.25, -0.2) is 0 Å². The molecule has 1 aliphatic rings. The minimum atomic E-state index is -0.157. The molecular formula is C20H18ClN3O3. The number of hydrogen-bond acceptors (Lipinski definition) is 4. The van der Waals surface area contributed by atoms with Crippen molar-refractivity contribution < 1.29 is 14.3 Å². The molecule has 27 heavy (non-hydrogen) atoms. The van der Waals surface area contributed by atoms with E-state index >= 15 is 0 Å². The number of benzene rings is 2. The van der Waals surface area contributed by atoms with Gasteiger partial charge in [-0.3, -0.25) is 9.89 Å². The molecule has 0 spiro atoms. The molecule has 7 heteroatoms. The van der Waals surface area contributed by atoms with Crippen LogP contribution in [0, 0.1) is 0 Å². The first-order valence-corrected chi connectivity index (χ1v) is 8.94. The van der Waals surface area contributed by atoms with Gasteiger partial charge in [0.05, 0.1) is 10.7 Å². The van der Waals surface area contributed by atoms with Gasteiger partial charge in [-0.2, -0.15) is 5.10 Å². The van der Waals surface area contributed by atoms with Crippen LogP contribution in [-0.2, 0) is 6.54 Å². The van der Waals surface area contributed by atoms with Gasteiger partial charge in [0.15, 0.2) is 11.5 Å². The van der Waals surface area contributed by atoms with Crippen molar-refractivity contribution in [1.82, 2.24) is 15.1 Å². The molecule has 138 valence electrons. The van der Waals surface area contributed by atoms with Gasteiger partial charge in [0, 0.05) is 19.2 Å². The van der Waals surface area contributed by atoms with Gasteiger partial charge in [-0.1, -0.05) is 35.9 Å². The maximum absolute atomic E-state index is 12.7. The van der Waals surface area contributed by atoms with Crippen molar-refractivity contribution in [3.8, 4) is 22.8 Å². The lowest BCUT2D eigenvalue weighted by molar-refractivity contribution is 0.0779. The van der Waals surface area contributed by atoms with Crippen LogP contribution in [-0.4, -0.2) is 41.3 Å². The molecular weight excluding hydrogens is 366 g/mol. The SMILES string of the molecule is CN(Cc1ccc2c(c1)OCCO2)C(=O)c1cc(-c2ccccc2Cl)n[nH]1. The van der Waals surface area contributed by atoms with Gasteiger partial charge in [-0.05, 0) is 29.8 Å². The van der Waals surface area contributed by atoms with Crippen LogP contribution < -0.4 is 9.47 Å². The number of halogens is 1. The van der Waals surface area contributed by atoms with Crippen molar-refractivity contribution in [3.05, 3.63) is 64.8 Å². The minimum absolute atomic E-state index is 0.157. The molecule has 1 aromatic heterocycles.